The number of nitriles is 1. The number of nitrogens with zero attached hydrogens (tertiary/aromatic N) is 1. The Labute approximate surface area is 132 Å². The van der Waals surface area contributed by atoms with Crippen molar-refractivity contribution in [2.45, 2.75) is 5.75 Å². The number of hydrogen-bond acceptors (Lipinski definition) is 3. The molecule has 0 heterocycles. The summed E-state index contributed by atoms with van der Waals surface area (Å²) in [6.07, 6.45) is 0. The van der Waals surface area contributed by atoms with E-state index in [2.05, 4.69) is 11.4 Å². The molecule has 0 unspecified atom stereocenters. The van der Waals surface area contributed by atoms with Crippen LogP contribution < -0.4 is 5.32 Å². The fraction of sp³-hybridized carbons (Fsp3) is 0.125. The third-order valence-corrected chi connectivity index (χ3v) is 3.97. The molecule has 1 amide bonds. The summed E-state index contributed by atoms with van der Waals surface area (Å²) in [6, 6.07) is 16.5. The molecule has 2 rings (SSSR count). The summed E-state index contributed by atoms with van der Waals surface area (Å²) in [5.41, 5.74) is 2.48. The molecule has 0 aliphatic rings. The van der Waals surface area contributed by atoms with Crippen LogP contribution in [0.5, 0.6) is 0 Å². The Morgan fingerprint density at radius 3 is 2.43 bits per heavy atom. The zero-order valence-electron chi connectivity index (χ0n) is 11.2. The van der Waals surface area contributed by atoms with Gasteiger partial charge in [0.15, 0.2) is 0 Å². The predicted molar refractivity (Wildman–Crippen MR) is 87.4 cm³/mol. The third kappa shape index (κ3) is 5.14. The van der Waals surface area contributed by atoms with Crippen LogP contribution in [-0.4, -0.2) is 11.7 Å². The lowest BCUT2D eigenvalue weighted by atomic mass is 10.2. The van der Waals surface area contributed by atoms with E-state index in [1.54, 1.807) is 36.4 Å². The van der Waals surface area contributed by atoms with Crippen LogP contribution in [0.1, 0.15) is 11.1 Å². The zero-order chi connectivity index (χ0) is 15.1. The van der Waals surface area contributed by atoms with Crippen LogP contribution in [0.15, 0.2) is 48.5 Å². The Morgan fingerprint density at radius 1 is 1.14 bits per heavy atom. The molecule has 0 aromatic heterocycles. The molecule has 0 fully saturated rings. The van der Waals surface area contributed by atoms with Crippen LogP contribution in [0, 0.1) is 11.3 Å². The molecule has 3 nitrogen and oxygen atoms in total. The van der Waals surface area contributed by atoms with Gasteiger partial charge in [0, 0.05) is 16.5 Å². The average Bonchev–Trinajstić information content (AvgIpc) is 2.50. The van der Waals surface area contributed by atoms with Crippen molar-refractivity contribution in [3.05, 3.63) is 64.7 Å². The van der Waals surface area contributed by atoms with E-state index in [0.717, 1.165) is 17.0 Å². The second-order valence-corrected chi connectivity index (χ2v) is 5.78. The van der Waals surface area contributed by atoms with Crippen LogP contribution in [0.3, 0.4) is 0 Å². The lowest BCUT2D eigenvalue weighted by Gasteiger charge is -2.05. The van der Waals surface area contributed by atoms with Gasteiger partial charge in [0.2, 0.25) is 5.91 Å². The van der Waals surface area contributed by atoms with Gasteiger partial charge in [0.05, 0.1) is 17.4 Å². The molecule has 0 saturated carbocycles. The van der Waals surface area contributed by atoms with Crippen molar-refractivity contribution < 1.29 is 4.79 Å². The Hall–Kier alpha value is -1.96. The van der Waals surface area contributed by atoms with Crippen molar-refractivity contribution in [1.29, 1.82) is 5.26 Å². The number of halogens is 1. The maximum atomic E-state index is 11.8. The molecule has 2 aromatic rings. The van der Waals surface area contributed by atoms with Gasteiger partial charge >= 0.3 is 0 Å². The van der Waals surface area contributed by atoms with E-state index in [1.165, 1.54) is 11.8 Å². The zero-order valence-corrected chi connectivity index (χ0v) is 12.7. The lowest BCUT2D eigenvalue weighted by Crippen LogP contribution is -2.14. The number of anilines is 1. The van der Waals surface area contributed by atoms with Crippen molar-refractivity contribution in [2.75, 3.05) is 11.1 Å². The number of carbonyl (C=O) groups is 1. The fourth-order valence-corrected chi connectivity index (χ4v) is 2.58. The molecule has 2 aromatic carbocycles. The van der Waals surface area contributed by atoms with Gasteiger partial charge in [-0.15, -0.1) is 11.8 Å². The fourth-order valence-electron chi connectivity index (χ4n) is 1.67. The van der Waals surface area contributed by atoms with E-state index in [9.17, 15) is 4.79 Å². The molecule has 0 bridgehead atoms. The van der Waals surface area contributed by atoms with Gasteiger partial charge in [-0.25, -0.2) is 0 Å². The second-order valence-electron chi connectivity index (χ2n) is 4.36. The largest absolute Gasteiger partial charge is 0.325 e. The van der Waals surface area contributed by atoms with Crippen LogP contribution in [0.2, 0.25) is 5.02 Å². The van der Waals surface area contributed by atoms with Crippen LogP contribution >= 0.6 is 23.4 Å². The number of hydrogen-bond donors (Lipinski definition) is 1. The minimum atomic E-state index is -0.0454. The molecular weight excluding hydrogens is 304 g/mol. The second kappa shape index (κ2) is 7.72. The van der Waals surface area contributed by atoms with E-state index in [0.29, 0.717) is 16.3 Å². The molecule has 0 saturated heterocycles. The number of amides is 1. The van der Waals surface area contributed by atoms with Crippen molar-refractivity contribution in [1.82, 2.24) is 0 Å². The highest BCUT2D eigenvalue weighted by molar-refractivity contribution is 7.99. The van der Waals surface area contributed by atoms with E-state index in [1.807, 2.05) is 12.1 Å². The van der Waals surface area contributed by atoms with Crippen LogP contribution in [0.25, 0.3) is 0 Å². The molecule has 0 radical (unpaired) electrons. The van der Waals surface area contributed by atoms with E-state index in [-0.39, 0.29) is 5.91 Å². The van der Waals surface area contributed by atoms with E-state index < -0.39 is 0 Å². The summed E-state index contributed by atoms with van der Waals surface area (Å²) in [5, 5.41) is 12.2. The third-order valence-electron chi connectivity index (χ3n) is 2.71. The van der Waals surface area contributed by atoms with Crippen molar-refractivity contribution in [2.24, 2.45) is 0 Å². The van der Waals surface area contributed by atoms with Gasteiger partial charge in [0.1, 0.15) is 0 Å². The first-order valence-electron chi connectivity index (χ1n) is 6.29. The van der Waals surface area contributed by atoms with Crippen molar-refractivity contribution >= 4 is 35.0 Å². The molecule has 0 spiro atoms. The van der Waals surface area contributed by atoms with Gasteiger partial charge in [-0.3, -0.25) is 4.79 Å². The number of benzene rings is 2. The van der Waals surface area contributed by atoms with Crippen molar-refractivity contribution in [3.8, 4) is 6.07 Å². The van der Waals surface area contributed by atoms with Crippen molar-refractivity contribution in [3.63, 3.8) is 0 Å². The quantitative estimate of drug-likeness (QED) is 0.904. The Bertz CT molecular complexity index is 647. The van der Waals surface area contributed by atoms with Gasteiger partial charge < -0.3 is 5.32 Å². The summed E-state index contributed by atoms with van der Waals surface area (Å²) in [6.45, 7) is 0. The predicted octanol–water partition coefficient (Wildman–Crippen LogP) is 4.08. The van der Waals surface area contributed by atoms with Gasteiger partial charge in [-0.05, 0) is 42.0 Å². The van der Waals surface area contributed by atoms with Crippen LogP contribution in [0.4, 0.5) is 5.69 Å². The summed E-state index contributed by atoms with van der Waals surface area (Å²) < 4.78 is 0. The van der Waals surface area contributed by atoms with Gasteiger partial charge in [0.25, 0.3) is 0 Å². The van der Waals surface area contributed by atoms with E-state index in [4.69, 9.17) is 16.9 Å². The molecule has 5 heteroatoms. The monoisotopic (exact) mass is 316 g/mol. The highest BCUT2D eigenvalue weighted by atomic mass is 35.5. The van der Waals surface area contributed by atoms with E-state index >= 15 is 0 Å². The first-order valence-corrected chi connectivity index (χ1v) is 7.83. The maximum Gasteiger partial charge on any atom is 0.234 e. The molecule has 0 atom stereocenters. The first-order chi connectivity index (χ1) is 10.2. The Balaban J connectivity index is 1.76. The summed E-state index contributed by atoms with van der Waals surface area (Å²) in [5.74, 6) is 1.07. The highest BCUT2D eigenvalue weighted by Crippen LogP contribution is 2.16. The van der Waals surface area contributed by atoms with Gasteiger partial charge in [-0.1, -0.05) is 23.7 Å². The molecule has 21 heavy (non-hydrogen) atoms. The molecular formula is C16H13ClN2OS. The number of thioether (sulfide) groups is 1. The Morgan fingerprint density at radius 2 is 1.81 bits per heavy atom. The topological polar surface area (TPSA) is 52.9 Å². The number of carbonyl (C=O) groups excluding carboxylic acids is 1. The number of nitrogens with one attached hydrogen (secondary N) is 1. The Kier molecular flexibility index (Phi) is 5.68. The minimum absolute atomic E-state index is 0.0454. The molecule has 106 valence electrons. The molecule has 1 N–H and O–H groups in total. The highest BCUT2D eigenvalue weighted by Gasteiger charge is 2.03. The minimum Gasteiger partial charge on any atom is -0.325 e. The van der Waals surface area contributed by atoms with Crippen LogP contribution in [-0.2, 0) is 10.5 Å². The molecule has 0 aliphatic heterocycles. The smallest absolute Gasteiger partial charge is 0.234 e. The summed E-state index contributed by atoms with van der Waals surface area (Å²) in [4.78, 5) is 11.8. The number of rotatable bonds is 5. The summed E-state index contributed by atoms with van der Waals surface area (Å²) >= 11 is 7.31. The normalized spacial score (nSPS) is 9.90. The SMILES string of the molecule is N#Cc1ccc(CSCC(=O)Nc2ccc(Cl)cc2)cc1. The maximum absolute atomic E-state index is 11.8. The average molecular weight is 317 g/mol. The summed E-state index contributed by atoms with van der Waals surface area (Å²) in [7, 11) is 0. The standard InChI is InChI=1S/C16H13ClN2OS/c17-14-5-7-15(8-6-14)19-16(20)11-21-10-13-3-1-12(9-18)2-4-13/h1-8H,10-11H2,(H,19,20). The van der Waals surface area contributed by atoms with Gasteiger partial charge in [-0.2, -0.15) is 5.26 Å². The first kappa shape index (κ1) is 15.4. The molecule has 0 aliphatic carbocycles. The lowest BCUT2D eigenvalue weighted by molar-refractivity contribution is -0.113.